The molecule has 0 N–H and O–H groups in total. The summed E-state index contributed by atoms with van der Waals surface area (Å²) in [5, 5.41) is 4.76. The van der Waals surface area contributed by atoms with Gasteiger partial charge in [0.2, 0.25) is 5.95 Å². The summed E-state index contributed by atoms with van der Waals surface area (Å²) < 4.78 is 4.60. The first-order chi connectivity index (χ1) is 22.6. The number of hydrogen-bond acceptors (Lipinski definition) is 3. The van der Waals surface area contributed by atoms with Crippen molar-refractivity contribution in [1.29, 1.82) is 0 Å². The Morgan fingerprint density at radius 2 is 0.957 bits per heavy atom. The summed E-state index contributed by atoms with van der Waals surface area (Å²) in [5.74, 6) is 1.88. The van der Waals surface area contributed by atoms with Gasteiger partial charge in [-0.1, -0.05) is 120 Å². The van der Waals surface area contributed by atoms with Crippen molar-refractivity contribution in [3.8, 4) is 34.4 Å². The van der Waals surface area contributed by atoms with Crippen LogP contribution >= 0.6 is 0 Å². The van der Waals surface area contributed by atoms with Gasteiger partial charge in [-0.3, -0.25) is 4.57 Å². The average molecular weight is 592 g/mol. The molecule has 0 bridgehead atoms. The van der Waals surface area contributed by atoms with Crippen LogP contribution in [0.2, 0.25) is 0 Å². The minimum atomic E-state index is 0.592. The normalized spacial score (nSPS) is 11.7. The molecule has 0 aliphatic carbocycles. The van der Waals surface area contributed by atoms with E-state index >= 15 is 0 Å². The summed E-state index contributed by atoms with van der Waals surface area (Å²) in [5.41, 5.74) is 9.86. The maximum atomic E-state index is 5.16. The van der Waals surface area contributed by atoms with Crippen LogP contribution in [-0.2, 0) is 0 Å². The van der Waals surface area contributed by atoms with Crippen LogP contribution in [0.5, 0.6) is 0 Å². The number of nitrogens with zero attached hydrogens (tertiary/aromatic N) is 5. The number of benzene rings is 6. The Hall–Kier alpha value is -6.07. The lowest BCUT2D eigenvalue weighted by molar-refractivity contribution is 0.953. The molecule has 5 heteroatoms. The van der Waals surface area contributed by atoms with Gasteiger partial charge in [-0.2, -0.15) is 9.97 Å². The van der Waals surface area contributed by atoms with Gasteiger partial charge in [0.25, 0.3) is 0 Å². The molecular formula is C41H29N5. The van der Waals surface area contributed by atoms with E-state index in [1.165, 1.54) is 38.3 Å². The van der Waals surface area contributed by atoms with Crippen LogP contribution in [0.3, 0.4) is 0 Å². The molecule has 9 aromatic rings. The second-order valence-corrected chi connectivity index (χ2v) is 11.9. The first kappa shape index (κ1) is 26.3. The largest absolute Gasteiger partial charge is 0.309 e. The number of aryl methyl sites for hydroxylation is 2. The molecule has 9 rings (SSSR count). The smallest absolute Gasteiger partial charge is 0.238 e. The molecule has 0 amide bonds. The molecule has 0 aliphatic heterocycles. The van der Waals surface area contributed by atoms with Crippen molar-refractivity contribution in [1.82, 2.24) is 24.1 Å². The molecule has 46 heavy (non-hydrogen) atoms. The van der Waals surface area contributed by atoms with Crippen molar-refractivity contribution in [3.63, 3.8) is 0 Å². The summed E-state index contributed by atoms with van der Waals surface area (Å²) in [7, 11) is 0. The van der Waals surface area contributed by atoms with Gasteiger partial charge in [-0.15, -0.1) is 0 Å². The van der Waals surface area contributed by atoms with Crippen LogP contribution < -0.4 is 0 Å². The number of aromatic nitrogens is 5. The van der Waals surface area contributed by atoms with E-state index in [2.05, 4.69) is 163 Å². The Kier molecular flexibility index (Phi) is 5.87. The Morgan fingerprint density at radius 1 is 0.413 bits per heavy atom. The lowest BCUT2D eigenvalue weighted by Crippen LogP contribution is -2.06. The zero-order valence-electron chi connectivity index (χ0n) is 25.5. The molecule has 0 saturated heterocycles. The number of para-hydroxylation sites is 3. The fourth-order valence-electron chi connectivity index (χ4n) is 6.70. The summed E-state index contributed by atoms with van der Waals surface area (Å²) >= 11 is 0. The van der Waals surface area contributed by atoms with Gasteiger partial charge in [0.05, 0.1) is 22.1 Å². The van der Waals surface area contributed by atoms with Crippen molar-refractivity contribution in [3.05, 3.63) is 151 Å². The highest BCUT2D eigenvalue weighted by atomic mass is 15.2. The minimum Gasteiger partial charge on any atom is -0.309 e. The number of hydrogen-bond donors (Lipinski definition) is 0. The van der Waals surface area contributed by atoms with Crippen molar-refractivity contribution < 1.29 is 0 Å². The third-order valence-electron chi connectivity index (χ3n) is 8.93. The topological polar surface area (TPSA) is 48.5 Å². The molecule has 218 valence electrons. The Bertz CT molecular complexity index is 2510. The minimum absolute atomic E-state index is 0.592. The average Bonchev–Trinajstić information content (AvgIpc) is 3.62. The summed E-state index contributed by atoms with van der Waals surface area (Å²) in [6.07, 6.45) is 0. The maximum Gasteiger partial charge on any atom is 0.238 e. The Balaban J connectivity index is 1.41. The molecular weight excluding hydrogens is 562 g/mol. The van der Waals surface area contributed by atoms with Gasteiger partial charge in [-0.25, -0.2) is 4.98 Å². The molecule has 0 unspecified atom stereocenters. The second kappa shape index (κ2) is 10.2. The quantitative estimate of drug-likeness (QED) is 0.205. The van der Waals surface area contributed by atoms with Crippen molar-refractivity contribution >= 4 is 43.6 Å². The molecule has 3 aromatic heterocycles. The Labute approximate surface area is 266 Å². The van der Waals surface area contributed by atoms with Crippen molar-refractivity contribution in [2.45, 2.75) is 13.8 Å². The molecule has 0 aliphatic rings. The standard InChI is InChI=1S/C41H29N5/c1-26-16-20-28(21-17-26)39-42-40(29-22-18-27(2)19-23-29)44-41(43-39)46-35-15-9-7-13-33(35)37-36(46)25-24-32-31-12-6-8-14-34(31)45(38(32)37)30-10-4-3-5-11-30/h3-25H,1-2H3. The van der Waals surface area contributed by atoms with E-state index in [1.54, 1.807) is 0 Å². The van der Waals surface area contributed by atoms with Crippen molar-refractivity contribution in [2.75, 3.05) is 0 Å². The third kappa shape index (κ3) is 4.06. The van der Waals surface area contributed by atoms with Gasteiger partial charge in [0.15, 0.2) is 11.6 Å². The van der Waals surface area contributed by atoms with Gasteiger partial charge in [0, 0.05) is 38.4 Å². The zero-order valence-corrected chi connectivity index (χ0v) is 25.5. The molecule has 0 fully saturated rings. The lowest BCUT2D eigenvalue weighted by atomic mass is 10.1. The van der Waals surface area contributed by atoms with Crippen LogP contribution in [0.1, 0.15) is 11.1 Å². The fraction of sp³-hybridized carbons (Fsp3) is 0.0488. The van der Waals surface area contributed by atoms with Crippen LogP contribution in [0.25, 0.3) is 78.0 Å². The molecule has 0 radical (unpaired) electrons. The first-order valence-electron chi connectivity index (χ1n) is 15.6. The van der Waals surface area contributed by atoms with Crippen LogP contribution in [0.15, 0.2) is 140 Å². The summed E-state index contributed by atoms with van der Waals surface area (Å²) in [6.45, 7) is 4.18. The monoisotopic (exact) mass is 591 g/mol. The van der Waals surface area contributed by atoms with E-state index in [-0.39, 0.29) is 0 Å². The van der Waals surface area contributed by atoms with E-state index < -0.39 is 0 Å². The van der Waals surface area contributed by atoms with E-state index in [9.17, 15) is 0 Å². The third-order valence-corrected chi connectivity index (χ3v) is 8.93. The van der Waals surface area contributed by atoms with Crippen LogP contribution in [-0.4, -0.2) is 24.1 Å². The molecule has 0 atom stereocenters. The highest BCUT2D eigenvalue weighted by Crippen LogP contribution is 2.41. The maximum absolute atomic E-state index is 5.16. The lowest BCUT2D eigenvalue weighted by Gasteiger charge is -2.11. The van der Waals surface area contributed by atoms with E-state index in [0.717, 1.165) is 33.2 Å². The number of rotatable bonds is 4. The highest BCUT2D eigenvalue weighted by molar-refractivity contribution is 6.26. The zero-order chi connectivity index (χ0) is 30.8. The van der Waals surface area contributed by atoms with Crippen LogP contribution in [0.4, 0.5) is 0 Å². The van der Waals surface area contributed by atoms with Gasteiger partial charge in [-0.05, 0) is 44.2 Å². The predicted octanol–water partition coefficient (Wildman–Crippen LogP) is 10.0. The molecule has 0 saturated carbocycles. The van der Waals surface area contributed by atoms with E-state index in [4.69, 9.17) is 15.0 Å². The van der Waals surface area contributed by atoms with Gasteiger partial charge < -0.3 is 4.57 Å². The molecule has 6 aromatic carbocycles. The molecule has 5 nitrogen and oxygen atoms in total. The SMILES string of the molecule is Cc1ccc(-c2nc(-c3ccc(C)cc3)nc(-n3c4ccccc4c4c3ccc3c5ccccc5n(-c5ccccc5)c34)n2)cc1. The summed E-state index contributed by atoms with van der Waals surface area (Å²) in [6, 6.07) is 49.1. The van der Waals surface area contributed by atoms with Gasteiger partial charge in [0.1, 0.15) is 0 Å². The van der Waals surface area contributed by atoms with Crippen LogP contribution in [0, 0.1) is 13.8 Å². The first-order valence-corrected chi connectivity index (χ1v) is 15.6. The molecule has 0 spiro atoms. The molecule has 3 heterocycles. The van der Waals surface area contributed by atoms with E-state index in [0.29, 0.717) is 17.6 Å². The van der Waals surface area contributed by atoms with Crippen molar-refractivity contribution in [2.24, 2.45) is 0 Å². The second-order valence-electron chi connectivity index (χ2n) is 11.9. The number of fused-ring (bicyclic) bond motifs is 7. The Morgan fingerprint density at radius 3 is 1.59 bits per heavy atom. The van der Waals surface area contributed by atoms with Gasteiger partial charge >= 0.3 is 0 Å². The predicted molar refractivity (Wildman–Crippen MR) is 189 cm³/mol. The summed E-state index contributed by atoms with van der Waals surface area (Å²) in [4.78, 5) is 15.3. The van der Waals surface area contributed by atoms with E-state index in [1.807, 2.05) is 0 Å². The highest BCUT2D eigenvalue weighted by Gasteiger charge is 2.22. The fourth-order valence-corrected chi connectivity index (χ4v) is 6.70.